The van der Waals surface area contributed by atoms with Gasteiger partial charge in [0.1, 0.15) is 5.75 Å². The molecule has 0 unspecified atom stereocenters. The zero-order valence-corrected chi connectivity index (χ0v) is 14.7. The standard InChI is InChI=1S/C16H23BrN2O2/c1-16(2)11-19(8-7-18(16)3)10-14(20)12-5-6-15(21-4)13(17)9-12/h5-6,9H,7-8,10-11H2,1-4H3. The summed E-state index contributed by atoms with van der Waals surface area (Å²) in [5.41, 5.74) is 0.832. The molecule has 2 rings (SSSR count). The second kappa shape index (κ2) is 6.46. The molecule has 116 valence electrons. The summed E-state index contributed by atoms with van der Waals surface area (Å²) >= 11 is 3.43. The number of hydrogen-bond donors (Lipinski definition) is 0. The van der Waals surface area contributed by atoms with Crippen molar-refractivity contribution in [3.63, 3.8) is 0 Å². The van der Waals surface area contributed by atoms with Crippen LogP contribution in [-0.4, -0.2) is 61.5 Å². The number of carbonyl (C=O) groups excluding carboxylic acids is 1. The summed E-state index contributed by atoms with van der Waals surface area (Å²) < 4.78 is 6.01. The van der Waals surface area contributed by atoms with Gasteiger partial charge in [-0.3, -0.25) is 14.6 Å². The van der Waals surface area contributed by atoms with E-state index >= 15 is 0 Å². The van der Waals surface area contributed by atoms with Gasteiger partial charge >= 0.3 is 0 Å². The van der Waals surface area contributed by atoms with Gasteiger partial charge in [-0.2, -0.15) is 0 Å². The van der Waals surface area contributed by atoms with Crippen LogP contribution in [0.5, 0.6) is 5.75 Å². The molecule has 1 aliphatic rings. The van der Waals surface area contributed by atoms with Crippen molar-refractivity contribution in [1.29, 1.82) is 0 Å². The predicted molar refractivity (Wildman–Crippen MR) is 88.2 cm³/mol. The molecule has 0 radical (unpaired) electrons. The fourth-order valence-electron chi connectivity index (χ4n) is 2.61. The summed E-state index contributed by atoms with van der Waals surface area (Å²) in [7, 11) is 3.76. The number of ketones is 1. The van der Waals surface area contributed by atoms with E-state index in [0.29, 0.717) is 6.54 Å². The molecule has 1 saturated heterocycles. The minimum Gasteiger partial charge on any atom is -0.496 e. The fourth-order valence-corrected chi connectivity index (χ4v) is 3.15. The number of methoxy groups -OCH3 is 1. The van der Waals surface area contributed by atoms with E-state index in [2.05, 4.69) is 46.6 Å². The van der Waals surface area contributed by atoms with Crippen molar-refractivity contribution in [2.24, 2.45) is 0 Å². The lowest BCUT2D eigenvalue weighted by Crippen LogP contribution is -2.58. The average Bonchev–Trinajstić information content (AvgIpc) is 2.42. The van der Waals surface area contributed by atoms with Crippen LogP contribution in [0.3, 0.4) is 0 Å². The summed E-state index contributed by atoms with van der Waals surface area (Å²) in [5, 5.41) is 0. The molecule has 0 amide bonds. The van der Waals surface area contributed by atoms with Crippen LogP contribution in [0.25, 0.3) is 0 Å². The Morgan fingerprint density at radius 2 is 2.10 bits per heavy atom. The summed E-state index contributed by atoms with van der Waals surface area (Å²) in [6.45, 7) is 7.74. The number of ether oxygens (including phenoxy) is 1. The Bertz CT molecular complexity index is 531. The Morgan fingerprint density at radius 1 is 1.38 bits per heavy atom. The van der Waals surface area contributed by atoms with Crippen molar-refractivity contribution in [2.75, 3.05) is 40.3 Å². The Labute approximate surface area is 135 Å². The molecule has 0 atom stereocenters. The normalized spacial score (nSPS) is 19.5. The van der Waals surface area contributed by atoms with Gasteiger partial charge in [-0.05, 0) is 55.0 Å². The molecule has 1 aromatic rings. The topological polar surface area (TPSA) is 32.8 Å². The number of Topliss-reactive ketones (excluding diaryl/α,β-unsaturated/α-hetero) is 1. The van der Waals surface area contributed by atoms with Gasteiger partial charge < -0.3 is 4.74 Å². The number of rotatable bonds is 4. The number of hydrogen-bond acceptors (Lipinski definition) is 4. The molecule has 5 heteroatoms. The van der Waals surface area contributed by atoms with Crippen LogP contribution in [0, 0.1) is 0 Å². The Kier molecular flexibility index (Phi) is 5.07. The van der Waals surface area contributed by atoms with Crippen LogP contribution in [0.1, 0.15) is 24.2 Å². The van der Waals surface area contributed by atoms with Crippen molar-refractivity contribution in [1.82, 2.24) is 9.80 Å². The summed E-state index contributed by atoms with van der Waals surface area (Å²) in [6, 6.07) is 5.49. The number of carbonyl (C=O) groups is 1. The predicted octanol–water partition coefficient (Wildman–Crippen LogP) is 2.67. The number of likely N-dealkylation sites (N-methyl/N-ethyl adjacent to an activating group) is 1. The SMILES string of the molecule is COc1ccc(C(=O)CN2CCN(C)C(C)(C)C2)cc1Br. The molecule has 1 aliphatic heterocycles. The van der Waals surface area contributed by atoms with E-state index in [1.165, 1.54) is 0 Å². The molecular weight excluding hydrogens is 332 g/mol. The number of nitrogens with zero attached hydrogens (tertiary/aromatic N) is 2. The smallest absolute Gasteiger partial charge is 0.176 e. The Morgan fingerprint density at radius 3 is 2.67 bits per heavy atom. The van der Waals surface area contributed by atoms with E-state index in [1.54, 1.807) is 7.11 Å². The summed E-state index contributed by atoms with van der Waals surface area (Å²) in [6.07, 6.45) is 0. The van der Waals surface area contributed by atoms with Crippen LogP contribution < -0.4 is 4.74 Å². The Hall–Kier alpha value is -0.910. The molecule has 0 bridgehead atoms. The van der Waals surface area contributed by atoms with Crippen LogP contribution in [0.4, 0.5) is 0 Å². The largest absolute Gasteiger partial charge is 0.496 e. The van der Waals surface area contributed by atoms with Crippen LogP contribution in [0.2, 0.25) is 0 Å². The molecule has 0 spiro atoms. The van der Waals surface area contributed by atoms with Gasteiger partial charge in [0.05, 0.1) is 18.1 Å². The van der Waals surface area contributed by atoms with Crippen molar-refractivity contribution < 1.29 is 9.53 Å². The van der Waals surface area contributed by atoms with Crippen molar-refractivity contribution in [2.45, 2.75) is 19.4 Å². The molecule has 0 aromatic heterocycles. The molecule has 1 aromatic carbocycles. The van der Waals surface area contributed by atoms with E-state index in [1.807, 2.05) is 18.2 Å². The molecule has 0 aliphatic carbocycles. The van der Waals surface area contributed by atoms with Gasteiger partial charge in [-0.25, -0.2) is 0 Å². The zero-order valence-electron chi connectivity index (χ0n) is 13.1. The first kappa shape index (κ1) is 16.5. The van der Waals surface area contributed by atoms with Crippen molar-refractivity contribution >= 4 is 21.7 Å². The quantitative estimate of drug-likeness (QED) is 0.778. The van der Waals surface area contributed by atoms with Crippen molar-refractivity contribution in [3.8, 4) is 5.75 Å². The highest BCUT2D eigenvalue weighted by molar-refractivity contribution is 9.10. The summed E-state index contributed by atoms with van der Waals surface area (Å²) in [5.74, 6) is 0.894. The first-order valence-corrected chi connectivity index (χ1v) is 7.93. The molecule has 0 saturated carbocycles. The molecular formula is C16H23BrN2O2. The number of benzene rings is 1. The van der Waals surface area contributed by atoms with E-state index in [4.69, 9.17) is 4.74 Å². The summed E-state index contributed by atoms with van der Waals surface area (Å²) in [4.78, 5) is 17.0. The second-order valence-electron chi connectivity index (χ2n) is 6.22. The lowest BCUT2D eigenvalue weighted by molar-refractivity contribution is 0.0390. The first-order valence-electron chi connectivity index (χ1n) is 7.14. The van der Waals surface area contributed by atoms with Crippen LogP contribution >= 0.6 is 15.9 Å². The molecule has 21 heavy (non-hydrogen) atoms. The fraction of sp³-hybridized carbons (Fsp3) is 0.562. The molecule has 0 N–H and O–H groups in total. The van der Waals surface area contributed by atoms with Gasteiger partial charge in [-0.1, -0.05) is 0 Å². The minimum atomic E-state index is 0.110. The average molecular weight is 355 g/mol. The molecule has 1 fully saturated rings. The van der Waals surface area contributed by atoms with Gasteiger partial charge in [0.15, 0.2) is 5.78 Å². The number of piperazine rings is 1. The third-order valence-electron chi connectivity index (χ3n) is 4.24. The lowest BCUT2D eigenvalue weighted by atomic mass is 9.99. The minimum absolute atomic E-state index is 0.110. The number of halogens is 1. The maximum Gasteiger partial charge on any atom is 0.176 e. The van der Waals surface area contributed by atoms with Gasteiger partial charge in [0.2, 0.25) is 0 Å². The van der Waals surface area contributed by atoms with Crippen LogP contribution in [-0.2, 0) is 0 Å². The maximum atomic E-state index is 12.4. The van der Waals surface area contributed by atoms with Crippen molar-refractivity contribution in [3.05, 3.63) is 28.2 Å². The molecule has 1 heterocycles. The van der Waals surface area contributed by atoms with E-state index in [9.17, 15) is 4.79 Å². The third kappa shape index (κ3) is 3.84. The molecule has 4 nitrogen and oxygen atoms in total. The van der Waals surface area contributed by atoms with E-state index in [0.717, 1.165) is 35.4 Å². The van der Waals surface area contributed by atoms with Crippen LogP contribution in [0.15, 0.2) is 22.7 Å². The van der Waals surface area contributed by atoms with Gasteiger partial charge in [0, 0.05) is 30.7 Å². The van der Waals surface area contributed by atoms with Gasteiger partial charge in [-0.15, -0.1) is 0 Å². The van der Waals surface area contributed by atoms with Gasteiger partial charge in [0.25, 0.3) is 0 Å². The third-order valence-corrected chi connectivity index (χ3v) is 4.86. The monoisotopic (exact) mass is 354 g/mol. The highest BCUT2D eigenvalue weighted by Gasteiger charge is 2.31. The van der Waals surface area contributed by atoms with E-state index in [-0.39, 0.29) is 11.3 Å². The second-order valence-corrected chi connectivity index (χ2v) is 7.07. The first-order chi connectivity index (χ1) is 9.83. The van der Waals surface area contributed by atoms with E-state index < -0.39 is 0 Å². The lowest BCUT2D eigenvalue weighted by Gasteiger charge is -2.45. The highest BCUT2D eigenvalue weighted by Crippen LogP contribution is 2.26. The maximum absolute atomic E-state index is 12.4. The highest BCUT2D eigenvalue weighted by atomic mass is 79.9. The zero-order chi connectivity index (χ0) is 15.6. The Balaban J connectivity index is 2.03.